The molecule has 2 aliphatic heterocycles. The molecule has 0 radical (unpaired) electrons. The van der Waals surface area contributed by atoms with E-state index in [1.165, 1.54) is 12.1 Å². The second-order valence-electron chi connectivity index (χ2n) is 8.42. The highest BCUT2D eigenvalue weighted by Gasteiger charge is 2.31. The number of likely N-dealkylation sites (N-methyl/N-ethyl adjacent to an activating group) is 1. The molecule has 2 atom stereocenters. The maximum Gasteiger partial charge on any atom is 0.154 e. The number of aliphatic imine (C=N–C) groups is 1. The summed E-state index contributed by atoms with van der Waals surface area (Å²) in [7, 11) is -1.36. The van der Waals surface area contributed by atoms with Crippen LogP contribution >= 0.6 is 0 Å². The molecule has 2 aromatic rings. The maximum atomic E-state index is 13.6. The van der Waals surface area contributed by atoms with Gasteiger partial charge in [-0.1, -0.05) is 26.0 Å². The molecule has 0 saturated carbocycles. The number of aldehydes is 1. The first-order valence-corrected chi connectivity index (χ1v) is 12.9. The Morgan fingerprint density at radius 2 is 1.82 bits per heavy atom. The molecule has 4 rings (SSSR count). The van der Waals surface area contributed by atoms with Crippen LogP contribution in [0.2, 0.25) is 0 Å². The fraction of sp³-hybridized carbons (Fsp3) is 0.308. The smallest absolute Gasteiger partial charge is 0.154 e. The summed E-state index contributed by atoms with van der Waals surface area (Å²) in [6.07, 6.45) is 5.49. The Morgan fingerprint density at radius 1 is 1.09 bits per heavy atom. The van der Waals surface area contributed by atoms with Crippen molar-refractivity contribution in [3.63, 3.8) is 0 Å². The third kappa shape index (κ3) is 4.55. The molecule has 2 aromatic carbocycles. The third-order valence-corrected chi connectivity index (χ3v) is 7.86. The van der Waals surface area contributed by atoms with Gasteiger partial charge in [0.2, 0.25) is 0 Å². The summed E-state index contributed by atoms with van der Waals surface area (Å²) in [5.74, 6) is -0.298. The third-order valence-electron chi connectivity index (χ3n) is 6.21. The molecule has 7 heteroatoms. The molecule has 0 saturated heterocycles. The lowest BCUT2D eigenvalue weighted by atomic mass is 9.86. The molecule has 172 valence electrons. The van der Waals surface area contributed by atoms with E-state index in [9.17, 15) is 17.6 Å². The Labute approximate surface area is 194 Å². The van der Waals surface area contributed by atoms with Crippen molar-refractivity contribution in [1.29, 1.82) is 0 Å². The SMILES string of the molecule is CC[C@@H]1N=C(c2ccc(F)cc2)c2ccc(CS(=O)(=O)CC)cc2C2=CN(C)C(C=O)C=C21. The van der Waals surface area contributed by atoms with Crippen molar-refractivity contribution >= 4 is 27.4 Å². The predicted molar refractivity (Wildman–Crippen MR) is 129 cm³/mol. The monoisotopic (exact) mass is 466 g/mol. The highest BCUT2D eigenvalue weighted by atomic mass is 32.2. The molecule has 0 aromatic heterocycles. The van der Waals surface area contributed by atoms with Crippen molar-refractivity contribution in [2.75, 3.05) is 12.8 Å². The van der Waals surface area contributed by atoms with Gasteiger partial charge < -0.3 is 9.69 Å². The molecule has 33 heavy (non-hydrogen) atoms. The molecule has 1 unspecified atom stereocenters. The largest absolute Gasteiger partial charge is 0.367 e. The van der Waals surface area contributed by atoms with Gasteiger partial charge in [0.15, 0.2) is 9.84 Å². The van der Waals surface area contributed by atoms with Gasteiger partial charge in [-0.15, -0.1) is 0 Å². The van der Waals surface area contributed by atoms with E-state index in [0.29, 0.717) is 12.0 Å². The normalized spacial score (nSPS) is 20.1. The van der Waals surface area contributed by atoms with Gasteiger partial charge >= 0.3 is 0 Å². The van der Waals surface area contributed by atoms with Gasteiger partial charge in [0.05, 0.1) is 17.5 Å². The van der Waals surface area contributed by atoms with E-state index >= 15 is 0 Å². The Morgan fingerprint density at radius 3 is 2.45 bits per heavy atom. The molecule has 0 amide bonds. The molecule has 0 fully saturated rings. The fourth-order valence-corrected chi connectivity index (χ4v) is 5.21. The van der Waals surface area contributed by atoms with Crippen LogP contribution < -0.4 is 0 Å². The molecule has 0 spiro atoms. The zero-order valence-electron chi connectivity index (χ0n) is 19.0. The number of nitrogens with zero attached hydrogens (tertiary/aromatic N) is 2. The molecule has 5 nitrogen and oxygen atoms in total. The molecule has 0 bridgehead atoms. The summed E-state index contributed by atoms with van der Waals surface area (Å²) in [5.41, 5.74) is 5.79. The van der Waals surface area contributed by atoms with Crippen LogP contribution in [0.25, 0.3) is 5.57 Å². The average molecular weight is 467 g/mol. The van der Waals surface area contributed by atoms with Crippen LogP contribution in [0.3, 0.4) is 0 Å². The summed E-state index contributed by atoms with van der Waals surface area (Å²) in [5, 5.41) is 0. The van der Waals surface area contributed by atoms with Crippen molar-refractivity contribution in [3.8, 4) is 0 Å². The molecule has 0 aliphatic carbocycles. The lowest BCUT2D eigenvalue weighted by Gasteiger charge is -2.30. The van der Waals surface area contributed by atoms with Crippen molar-refractivity contribution in [2.24, 2.45) is 4.99 Å². The van der Waals surface area contributed by atoms with Crippen LogP contribution in [0.15, 0.2) is 65.3 Å². The van der Waals surface area contributed by atoms with Gasteiger partial charge in [0.25, 0.3) is 0 Å². The number of carbonyl (C=O) groups is 1. The number of fused-ring (bicyclic) bond motifs is 3. The molecule has 0 N–H and O–H groups in total. The van der Waals surface area contributed by atoms with Gasteiger partial charge in [-0.25, -0.2) is 12.8 Å². The fourth-order valence-electron chi connectivity index (χ4n) is 4.32. The van der Waals surface area contributed by atoms with Gasteiger partial charge in [-0.3, -0.25) is 4.99 Å². The van der Waals surface area contributed by atoms with Crippen LogP contribution in [-0.2, 0) is 20.4 Å². The van der Waals surface area contributed by atoms with E-state index in [2.05, 4.69) is 0 Å². The van der Waals surface area contributed by atoms with E-state index in [1.807, 2.05) is 49.3 Å². The van der Waals surface area contributed by atoms with Crippen molar-refractivity contribution in [3.05, 3.63) is 88.4 Å². The Kier molecular flexibility index (Phi) is 6.34. The molecule has 2 aliphatic rings. The zero-order valence-corrected chi connectivity index (χ0v) is 19.8. The first-order valence-electron chi connectivity index (χ1n) is 11.0. The van der Waals surface area contributed by atoms with Crippen LogP contribution in [-0.4, -0.2) is 50.2 Å². The lowest BCUT2D eigenvalue weighted by Crippen LogP contribution is -2.31. The highest BCUT2D eigenvalue weighted by Crippen LogP contribution is 2.39. The van der Waals surface area contributed by atoms with Crippen LogP contribution in [0.4, 0.5) is 4.39 Å². The van der Waals surface area contributed by atoms with Gasteiger partial charge in [-0.05, 0) is 59.5 Å². The summed E-state index contributed by atoms with van der Waals surface area (Å²) in [6.45, 7) is 3.68. The van der Waals surface area contributed by atoms with Crippen molar-refractivity contribution in [2.45, 2.75) is 38.1 Å². The zero-order chi connectivity index (χ0) is 23.8. The van der Waals surface area contributed by atoms with Gasteiger partial charge in [0.1, 0.15) is 18.1 Å². The highest BCUT2D eigenvalue weighted by molar-refractivity contribution is 7.90. The Hall–Kier alpha value is -3.06. The lowest BCUT2D eigenvalue weighted by molar-refractivity contribution is -0.110. The standard InChI is InChI=1S/C26H27FN2O3S/c1-4-25-23-13-20(15-30)29(3)14-24(23)22-12-17(16-33(31,32)5-2)6-11-21(22)26(28-25)18-7-9-19(27)10-8-18/h6-15,20,25H,4-5,16H2,1-3H3/t20?,25-/m0/s1. The van der Waals surface area contributed by atoms with Crippen molar-refractivity contribution < 1.29 is 17.6 Å². The number of sulfone groups is 1. The predicted octanol–water partition coefficient (Wildman–Crippen LogP) is 4.17. The number of hydrogen-bond acceptors (Lipinski definition) is 5. The number of rotatable bonds is 6. The van der Waals surface area contributed by atoms with E-state index < -0.39 is 15.9 Å². The van der Waals surface area contributed by atoms with E-state index in [-0.39, 0.29) is 23.4 Å². The number of benzene rings is 2. The minimum atomic E-state index is -3.21. The van der Waals surface area contributed by atoms with Crippen LogP contribution in [0, 0.1) is 5.82 Å². The molecular formula is C26H27FN2O3S. The van der Waals surface area contributed by atoms with Gasteiger partial charge in [0, 0.05) is 35.7 Å². The van der Waals surface area contributed by atoms with Crippen molar-refractivity contribution in [1.82, 2.24) is 4.90 Å². The van der Waals surface area contributed by atoms with E-state index in [4.69, 9.17) is 4.99 Å². The molecular weight excluding hydrogens is 439 g/mol. The number of halogens is 1. The Balaban J connectivity index is 1.97. The molecule has 2 heterocycles. The average Bonchev–Trinajstić information content (AvgIpc) is 2.93. The summed E-state index contributed by atoms with van der Waals surface area (Å²) >= 11 is 0. The topological polar surface area (TPSA) is 66.8 Å². The quantitative estimate of drug-likeness (QED) is 0.600. The second kappa shape index (κ2) is 9.06. The summed E-state index contributed by atoms with van der Waals surface area (Å²) in [4.78, 5) is 18.6. The Bertz CT molecular complexity index is 1280. The first-order chi connectivity index (χ1) is 15.8. The minimum absolute atomic E-state index is 0.0455. The number of carbonyl (C=O) groups excluding carboxylic acids is 1. The second-order valence-corrected chi connectivity index (χ2v) is 10.8. The maximum absolute atomic E-state index is 13.6. The van der Waals surface area contributed by atoms with Gasteiger partial charge in [-0.2, -0.15) is 0 Å². The number of hydrogen-bond donors (Lipinski definition) is 0. The van der Waals surface area contributed by atoms with E-state index in [1.54, 1.807) is 19.1 Å². The first kappa shape index (κ1) is 23.1. The van der Waals surface area contributed by atoms with E-state index in [0.717, 1.165) is 39.8 Å². The van der Waals surface area contributed by atoms with Crippen LogP contribution in [0.1, 0.15) is 42.5 Å². The summed E-state index contributed by atoms with van der Waals surface area (Å²) in [6, 6.07) is 11.3. The minimum Gasteiger partial charge on any atom is -0.367 e. The van der Waals surface area contributed by atoms with Crippen LogP contribution in [0.5, 0.6) is 0 Å². The summed E-state index contributed by atoms with van der Waals surface area (Å²) < 4.78 is 38.2.